The Morgan fingerprint density at radius 2 is 1.95 bits per heavy atom. The molecule has 2 fully saturated rings. The van der Waals surface area contributed by atoms with Gasteiger partial charge in [0, 0.05) is 49.8 Å². The highest BCUT2D eigenvalue weighted by Crippen LogP contribution is 2.32. The van der Waals surface area contributed by atoms with Crippen molar-refractivity contribution in [2.24, 2.45) is 11.3 Å². The number of anilines is 1. The van der Waals surface area contributed by atoms with Gasteiger partial charge in [-0.05, 0) is 69.1 Å². The molecular weight excluding hydrogens is 519 g/mol. The van der Waals surface area contributed by atoms with E-state index in [1.165, 1.54) is 0 Å². The average Bonchev–Trinajstić information content (AvgIpc) is 2.92. The van der Waals surface area contributed by atoms with E-state index in [9.17, 15) is 18.4 Å². The Kier molecular flexibility index (Phi) is 9.82. The number of nitriles is 1. The van der Waals surface area contributed by atoms with Crippen molar-refractivity contribution >= 4 is 17.4 Å². The Hall–Kier alpha value is -2.45. The molecule has 0 spiro atoms. The van der Waals surface area contributed by atoms with E-state index in [2.05, 4.69) is 26.4 Å². The molecule has 0 unspecified atom stereocenters. The normalized spacial score (nSPS) is 21.6. The Morgan fingerprint density at radius 1 is 1.18 bits per heavy atom. The molecule has 1 saturated carbocycles. The van der Waals surface area contributed by atoms with Gasteiger partial charge in [-0.25, -0.2) is 4.98 Å². The van der Waals surface area contributed by atoms with Crippen LogP contribution < -0.4 is 10.6 Å². The van der Waals surface area contributed by atoms with E-state index in [0.29, 0.717) is 49.4 Å². The fourth-order valence-electron chi connectivity index (χ4n) is 5.12. The van der Waals surface area contributed by atoms with E-state index in [-0.39, 0.29) is 19.2 Å². The SMILES string of the molecule is N#CC1(CNc2cccc(-c3cc(CC4CCC(NCCOC(F)(F)F)CC4)ncc3Cl)n2)CCOCC1. The second-order valence-corrected chi connectivity index (χ2v) is 10.5. The summed E-state index contributed by atoms with van der Waals surface area (Å²) < 4.78 is 45.6. The van der Waals surface area contributed by atoms with Gasteiger partial charge in [0.05, 0.1) is 28.8 Å². The zero-order valence-corrected chi connectivity index (χ0v) is 22.0. The first-order valence-electron chi connectivity index (χ1n) is 13.0. The molecule has 0 bridgehead atoms. The molecule has 7 nitrogen and oxygen atoms in total. The summed E-state index contributed by atoms with van der Waals surface area (Å²) in [5.74, 6) is 1.13. The Morgan fingerprint density at radius 3 is 2.66 bits per heavy atom. The van der Waals surface area contributed by atoms with E-state index in [4.69, 9.17) is 21.3 Å². The van der Waals surface area contributed by atoms with Crippen molar-refractivity contribution < 1.29 is 22.6 Å². The van der Waals surface area contributed by atoms with Crippen LogP contribution in [0.15, 0.2) is 30.5 Å². The lowest BCUT2D eigenvalue weighted by Gasteiger charge is -2.30. The lowest BCUT2D eigenvalue weighted by molar-refractivity contribution is -0.323. The molecule has 0 aromatic carbocycles. The highest BCUT2D eigenvalue weighted by Gasteiger charge is 2.32. The molecule has 2 aromatic rings. The molecule has 2 aliphatic rings. The molecule has 0 amide bonds. The minimum Gasteiger partial charge on any atom is -0.381 e. The highest BCUT2D eigenvalue weighted by atomic mass is 35.5. The van der Waals surface area contributed by atoms with Crippen molar-refractivity contribution in [2.45, 2.75) is 57.3 Å². The molecule has 4 rings (SSSR count). The Balaban J connectivity index is 1.31. The van der Waals surface area contributed by atoms with Crippen molar-refractivity contribution in [1.82, 2.24) is 15.3 Å². The molecule has 0 radical (unpaired) electrons. The summed E-state index contributed by atoms with van der Waals surface area (Å²) in [6.45, 7) is 1.50. The van der Waals surface area contributed by atoms with Crippen LogP contribution in [-0.2, 0) is 15.9 Å². The highest BCUT2D eigenvalue weighted by molar-refractivity contribution is 6.33. The molecule has 11 heteroatoms. The van der Waals surface area contributed by atoms with Crippen molar-refractivity contribution in [3.63, 3.8) is 0 Å². The summed E-state index contributed by atoms with van der Waals surface area (Å²) >= 11 is 6.51. The third kappa shape index (κ3) is 8.27. The van der Waals surface area contributed by atoms with Crippen LogP contribution in [0.25, 0.3) is 11.3 Å². The largest absolute Gasteiger partial charge is 0.522 e. The van der Waals surface area contributed by atoms with E-state index < -0.39 is 11.8 Å². The van der Waals surface area contributed by atoms with Crippen LogP contribution >= 0.6 is 11.6 Å². The monoisotopic (exact) mass is 551 g/mol. The molecule has 3 heterocycles. The number of nitrogens with one attached hydrogen (secondary N) is 2. The van der Waals surface area contributed by atoms with E-state index >= 15 is 0 Å². The Bertz CT molecular complexity index is 1100. The number of halogens is 4. The summed E-state index contributed by atoms with van der Waals surface area (Å²) in [6, 6.07) is 10.4. The predicted octanol–water partition coefficient (Wildman–Crippen LogP) is 5.76. The lowest BCUT2D eigenvalue weighted by atomic mass is 9.82. The van der Waals surface area contributed by atoms with Gasteiger partial charge in [0.15, 0.2) is 0 Å². The topological polar surface area (TPSA) is 92.1 Å². The van der Waals surface area contributed by atoms with Crippen LogP contribution in [0.2, 0.25) is 5.02 Å². The third-order valence-corrected chi connectivity index (χ3v) is 7.68. The van der Waals surface area contributed by atoms with Gasteiger partial charge >= 0.3 is 6.36 Å². The number of nitrogens with zero attached hydrogens (tertiary/aromatic N) is 3. The lowest BCUT2D eigenvalue weighted by Crippen LogP contribution is -2.36. The van der Waals surface area contributed by atoms with Crippen molar-refractivity contribution in [3.05, 3.63) is 41.2 Å². The van der Waals surface area contributed by atoms with Gasteiger partial charge < -0.3 is 15.4 Å². The molecule has 206 valence electrons. The molecule has 38 heavy (non-hydrogen) atoms. The molecule has 1 aliphatic carbocycles. The molecule has 2 aromatic heterocycles. The quantitative estimate of drug-likeness (QED) is 0.363. The van der Waals surface area contributed by atoms with Gasteiger partial charge in [0.1, 0.15) is 5.82 Å². The first kappa shape index (κ1) is 28.6. The van der Waals surface area contributed by atoms with Crippen LogP contribution in [0.4, 0.5) is 19.0 Å². The summed E-state index contributed by atoms with van der Waals surface area (Å²) in [5.41, 5.74) is 2.02. The zero-order valence-electron chi connectivity index (χ0n) is 21.2. The fraction of sp³-hybridized carbons (Fsp3) is 0.593. The number of aromatic nitrogens is 2. The molecule has 1 saturated heterocycles. The van der Waals surface area contributed by atoms with Gasteiger partial charge in [0.2, 0.25) is 0 Å². The molecular formula is C27H33ClF3N5O2. The summed E-state index contributed by atoms with van der Waals surface area (Å²) in [5, 5.41) is 16.7. The second kappa shape index (κ2) is 13.1. The third-order valence-electron chi connectivity index (χ3n) is 7.38. The van der Waals surface area contributed by atoms with Crippen LogP contribution in [-0.4, -0.2) is 55.3 Å². The number of pyridine rings is 2. The standard InChI is InChI=1S/C27H33ClF3N5O2/c28-23-16-34-21(14-19-4-6-20(7-5-19)33-10-13-38-27(29,30)31)15-22(23)24-2-1-3-25(36-24)35-18-26(17-32)8-11-37-12-9-26/h1-3,15-16,19-20,33H,4-14,18H2,(H,35,36). The first-order chi connectivity index (χ1) is 18.3. The minimum atomic E-state index is -4.58. The maximum absolute atomic E-state index is 12.1. The van der Waals surface area contributed by atoms with Crippen LogP contribution in [0.3, 0.4) is 0 Å². The van der Waals surface area contributed by atoms with Crippen LogP contribution in [0.1, 0.15) is 44.2 Å². The van der Waals surface area contributed by atoms with E-state index in [1.807, 2.05) is 24.3 Å². The van der Waals surface area contributed by atoms with E-state index in [0.717, 1.165) is 49.1 Å². The van der Waals surface area contributed by atoms with E-state index in [1.54, 1.807) is 6.20 Å². The first-order valence-corrected chi connectivity index (χ1v) is 13.4. The maximum Gasteiger partial charge on any atom is 0.522 e. The maximum atomic E-state index is 12.1. The molecule has 0 atom stereocenters. The molecule has 2 N–H and O–H groups in total. The zero-order chi connectivity index (χ0) is 27.0. The van der Waals surface area contributed by atoms with Gasteiger partial charge in [0.25, 0.3) is 0 Å². The Labute approximate surface area is 226 Å². The predicted molar refractivity (Wildman–Crippen MR) is 139 cm³/mol. The van der Waals surface area contributed by atoms with Gasteiger partial charge in [-0.3, -0.25) is 9.72 Å². The van der Waals surface area contributed by atoms with Crippen LogP contribution in [0.5, 0.6) is 0 Å². The minimum absolute atomic E-state index is 0.184. The van der Waals surface area contributed by atoms with Gasteiger partial charge in [-0.15, -0.1) is 13.2 Å². The average molecular weight is 552 g/mol. The summed E-state index contributed by atoms with van der Waals surface area (Å²) in [6.07, 6.45) is 3.03. The summed E-state index contributed by atoms with van der Waals surface area (Å²) in [7, 11) is 0. The second-order valence-electron chi connectivity index (χ2n) is 10.1. The number of rotatable bonds is 10. The number of alkyl halides is 3. The number of hydrogen-bond acceptors (Lipinski definition) is 7. The van der Waals surface area contributed by atoms with Crippen molar-refractivity contribution in [1.29, 1.82) is 5.26 Å². The number of ether oxygens (including phenoxy) is 2. The van der Waals surface area contributed by atoms with Gasteiger partial charge in [-0.2, -0.15) is 5.26 Å². The number of hydrogen-bond donors (Lipinski definition) is 2. The van der Waals surface area contributed by atoms with Crippen molar-refractivity contribution in [3.8, 4) is 17.3 Å². The summed E-state index contributed by atoms with van der Waals surface area (Å²) in [4.78, 5) is 9.29. The van der Waals surface area contributed by atoms with Gasteiger partial charge in [-0.1, -0.05) is 17.7 Å². The molecule has 1 aliphatic heterocycles. The van der Waals surface area contributed by atoms with Crippen LogP contribution in [0, 0.1) is 22.7 Å². The smallest absolute Gasteiger partial charge is 0.381 e. The fourth-order valence-corrected chi connectivity index (χ4v) is 5.32. The van der Waals surface area contributed by atoms with Crippen molar-refractivity contribution in [2.75, 3.05) is 38.2 Å².